The number of ether oxygens (including phenoxy) is 3. The van der Waals surface area contributed by atoms with Crippen LogP contribution in [0.5, 0.6) is 5.75 Å². The second-order valence-electron chi connectivity index (χ2n) is 3.40. The number of carbonyl (C=O) groups is 1. The van der Waals surface area contributed by atoms with Gasteiger partial charge in [0.25, 0.3) is 0 Å². The maximum absolute atomic E-state index is 11.5. The lowest BCUT2D eigenvalue weighted by Crippen LogP contribution is -2.11. The molecule has 0 aromatic heterocycles. The molecule has 0 aliphatic carbocycles. The largest absolute Gasteiger partial charge is 0.490 e. The van der Waals surface area contributed by atoms with Crippen LogP contribution in [0.15, 0.2) is 29.4 Å². The second-order valence-corrected chi connectivity index (χ2v) is 3.40. The Morgan fingerprint density at radius 1 is 1.32 bits per heavy atom. The quantitative estimate of drug-likeness (QED) is 0.237. The van der Waals surface area contributed by atoms with Crippen LogP contribution in [0, 0.1) is 0 Å². The van der Waals surface area contributed by atoms with E-state index in [1.165, 1.54) is 7.11 Å². The molecule has 0 atom stereocenters. The van der Waals surface area contributed by atoms with Crippen molar-refractivity contribution in [3.8, 4) is 5.75 Å². The first-order valence-electron chi connectivity index (χ1n) is 5.68. The van der Waals surface area contributed by atoms with Gasteiger partial charge in [-0.3, -0.25) is 0 Å². The summed E-state index contributed by atoms with van der Waals surface area (Å²) in [5.74, 6) is 0.00729. The fourth-order valence-corrected chi connectivity index (χ4v) is 1.33. The lowest BCUT2D eigenvalue weighted by molar-refractivity contribution is 0.0591. The Labute approximate surface area is 110 Å². The van der Waals surface area contributed by atoms with Gasteiger partial charge in [0.15, 0.2) is 0 Å². The third kappa shape index (κ3) is 5.29. The van der Waals surface area contributed by atoms with Crippen LogP contribution in [0.1, 0.15) is 10.4 Å². The van der Waals surface area contributed by atoms with Crippen LogP contribution < -0.4 is 4.74 Å². The van der Waals surface area contributed by atoms with E-state index in [1.807, 2.05) is 0 Å². The molecule has 7 nitrogen and oxygen atoms in total. The number of methoxy groups -OCH3 is 1. The number of esters is 1. The molecule has 0 aliphatic heterocycles. The van der Waals surface area contributed by atoms with Crippen molar-refractivity contribution in [1.82, 2.24) is 0 Å². The fraction of sp³-hybridized carbons (Fsp3) is 0.417. The minimum absolute atomic E-state index is 0.287. The highest BCUT2D eigenvalue weighted by molar-refractivity contribution is 5.92. The van der Waals surface area contributed by atoms with Gasteiger partial charge < -0.3 is 14.2 Å². The van der Waals surface area contributed by atoms with Crippen molar-refractivity contribution in [2.24, 2.45) is 5.11 Å². The molecule has 0 unspecified atom stereocenters. The molecule has 0 saturated carbocycles. The van der Waals surface area contributed by atoms with Crippen LogP contribution >= 0.6 is 0 Å². The highest BCUT2D eigenvalue weighted by atomic mass is 16.5. The molecule has 0 spiro atoms. The van der Waals surface area contributed by atoms with Gasteiger partial charge in [-0.1, -0.05) is 17.2 Å². The van der Waals surface area contributed by atoms with E-state index in [0.29, 0.717) is 31.1 Å². The molecule has 0 aliphatic rings. The molecule has 0 amide bonds. The zero-order chi connectivity index (χ0) is 13.9. The molecule has 0 fully saturated rings. The molecule has 0 bridgehead atoms. The average Bonchev–Trinajstić information content (AvgIpc) is 2.46. The molecule has 1 aromatic carbocycles. The zero-order valence-electron chi connectivity index (χ0n) is 10.6. The predicted octanol–water partition coefficient (Wildman–Crippen LogP) is 2.18. The summed E-state index contributed by atoms with van der Waals surface area (Å²) in [5, 5.41) is 3.33. The summed E-state index contributed by atoms with van der Waals surface area (Å²) in [6.45, 7) is 1.27. The van der Waals surface area contributed by atoms with Gasteiger partial charge in [-0.05, 0) is 17.7 Å². The van der Waals surface area contributed by atoms with E-state index >= 15 is 0 Å². The van der Waals surface area contributed by atoms with Gasteiger partial charge in [0.2, 0.25) is 0 Å². The van der Waals surface area contributed by atoms with Crippen molar-refractivity contribution in [3.63, 3.8) is 0 Å². The van der Waals surface area contributed by atoms with Gasteiger partial charge in [-0.15, -0.1) is 0 Å². The highest BCUT2D eigenvalue weighted by Gasteiger charge is 2.11. The molecule has 1 aromatic rings. The summed E-state index contributed by atoms with van der Waals surface area (Å²) in [6.07, 6.45) is 0. The van der Waals surface area contributed by atoms with Crippen molar-refractivity contribution < 1.29 is 19.0 Å². The Balaban J connectivity index is 2.36. The fourth-order valence-electron chi connectivity index (χ4n) is 1.33. The summed E-state index contributed by atoms with van der Waals surface area (Å²) >= 11 is 0. The van der Waals surface area contributed by atoms with Crippen LogP contribution in [-0.4, -0.2) is 39.4 Å². The maximum Gasteiger partial charge on any atom is 0.341 e. The van der Waals surface area contributed by atoms with Crippen molar-refractivity contribution in [2.45, 2.75) is 0 Å². The van der Waals surface area contributed by atoms with E-state index in [2.05, 4.69) is 14.8 Å². The maximum atomic E-state index is 11.5. The first-order chi connectivity index (χ1) is 9.29. The molecular formula is C12H15N3O4. The van der Waals surface area contributed by atoms with Gasteiger partial charge in [0.05, 0.1) is 20.3 Å². The van der Waals surface area contributed by atoms with E-state index in [-0.39, 0.29) is 6.54 Å². The third-order valence-corrected chi connectivity index (χ3v) is 2.18. The van der Waals surface area contributed by atoms with Gasteiger partial charge >= 0.3 is 5.97 Å². The van der Waals surface area contributed by atoms with Crippen LogP contribution in [0.4, 0.5) is 0 Å². The van der Waals surface area contributed by atoms with E-state index in [4.69, 9.17) is 15.0 Å². The Kier molecular flexibility index (Phi) is 6.86. The lowest BCUT2D eigenvalue weighted by atomic mass is 10.2. The number of benzene rings is 1. The highest BCUT2D eigenvalue weighted by Crippen LogP contribution is 2.18. The van der Waals surface area contributed by atoms with E-state index < -0.39 is 5.97 Å². The van der Waals surface area contributed by atoms with Crippen molar-refractivity contribution in [2.75, 3.05) is 33.5 Å². The summed E-state index contributed by atoms with van der Waals surface area (Å²) in [6, 6.07) is 6.82. The number of para-hydroxylation sites is 1. The van der Waals surface area contributed by atoms with Gasteiger partial charge in [-0.25, -0.2) is 4.79 Å². The van der Waals surface area contributed by atoms with Crippen molar-refractivity contribution in [1.29, 1.82) is 0 Å². The second kappa shape index (κ2) is 8.79. The lowest BCUT2D eigenvalue weighted by Gasteiger charge is -2.10. The number of nitrogens with zero attached hydrogens (tertiary/aromatic N) is 3. The van der Waals surface area contributed by atoms with Gasteiger partial charge in [0.1, 0.15) is 17.9 Å². The number of azide groups is 1. The summed E-state index contributed by atoms with van der Waals surface area (Å²) in [7, 11) is 1.32. The molecular weight excluding hydrogens is 250 g/mol. The molecule has 102 valence electrons. The molecule has 0 radical (unpaired) electrons. The first kappa shape index (κ1) is 14.8. The monoisotopic (exact) mass is 265 g/mol. The molecule has 7 heteroatoms. The van der Waals surface area contributed by atoms with Gasteiger partial charge in [-0.2, -0.15) is 0 Å². The van der Waals surface area contributed by atoms with E-state index in [9.17, 15) is 4.79 Å². The van der Waals surface area contributed by atoms with Gasteiger partial charge in [0, 0.05) is 11.5 Å². The van der Waals surface area contributed by atoms with Crippen LogP contribution in [0.3, 0.4) is 0 Å². The molecule has 0 saturated heterocycles. The normalized spacial score (nSPS) is 9.53. The predicted molar refractivity (Wildman–Crippen MR) is 68.1 cm³/mol. The van der Waals surface area contributed by atoms with E-state index in [1.54, 1.807) is 24.3 Å². The van der Waals surface area contributed by atoms with E-state index in [0.717, 1.165) is 0 Å². The Morgan fingerprint density at radius 2 is 2.11 bits per heavy atom. The van der Waals surface area contributed by atoms with Crippen molar-refractivity contribution in [3.05, 3.63) is 40.3 Å². The van der Waals surface area contributed by atoms with Crippen LogP contribution in [0.25, 0.3) is 10.4 Å². The number of carbonyl (C=O) groups excluding carboxylic acids is 1. The molecule has 19 heavy (non-hydrogen) atoms. The average molecular weight is 265 g/mol. The zero-order valence-corrected chi connectivity index (χ0v) is 10.6. The molecule has 1 rings (SSSR count). The Bertz CT molecular complexity index is 458. The SMILES string of the molecule is COC(=O)c1ccccc1OCCOCCN=[N+]=[N-]. The molecule has 0 heterocycles. The summed E-state index contributed by atoms with van der Waals surface area (Å²) < 4.78 is 15.3. The van der Waals surface area contributed by atoms with Crippen molar-refractivity contribution >= 4 is 5.97 Å². The van der Waals surface area contributed by atoms with Crippen LogP contribution in [-0.2, 0) is 9.47 Å². The summed E-state index contributed by atoms with van der Waals surface area (Å²) in [5.41, 5.74) is 8.43. The minimum Gasteiger partial charge on any atom is -0.490 e. The first-order valence-corrected chi connectivity index (χ1v) is 5.68. The number of hydrogen-bond acceptors (Lipinski definition) is 5. The minimum atomic E-state index is -0.445. The summed E-state index contributed by atoms with van der Waals surface area (Å²) in [4.78, 5) is 14.1. The smallest absolute Gasteiger partial charge is 0.341 e. The number of rotatable bonds is 8. The topological polar surface area (TPSA) is 93.5 Å². The Morgan fingerprint density at radius 3 is 2.84 bits per heavy atom. The van der Waals surface area contributed by atoms with Crippen LogP contribution in [0.2, 0.25) is 0 Å². The standard InChI is InChI=1S/C12H15N3O4/c1-17-12(16)10-4-2-3-5-11(10)19-9-8-18-7-6-14-15-13/h2-5H,6-9H2,1H3. The molecule has 0 N–H and O–H groups in total. The third-order valence-electron chi connectivity index (χ3n) is 2.18. The number of hydrogen-bond donors (Lipinski definition) is 0. The Hall–Kier alpha value is -2.24.